The number of rotatable bonds is 8. The molecule has 2 heterocycles. The number of carbonyl (C=O) groups is 1. The average molecular weight is 369 g/mol. The molecule has 0 saturated carbocycles. The number of hydrogen-bond donors (Lipinski definition) is 1. The zero-order valence-corrected chi connectivity index (χ0v) is 15.7. The Morgan fingerprint density at radius 3 is 2.81 bits per heavy atom. The molecule has 9 heteroatoms. The van der Waals surface area contributed by atoms with Crippen molar-refractivity contribution in [3.8, 4) is 5.75 Å². The zero-order chi connectivity index (χ0) is 19.2. The van der Waals surface area contributed by atoms with E-state index in [1.54, 1.807) is 28.9 Å². The van der Waals surface area contributed by atoms with Crippen LogP contribution in [-0.2, 0) is 19.7 Å². The van der Waals surface area contributed by atoms with Crippen LogP contribution >= 0.6 is 0 Å². The third-order valence-corrected chi connectivity index (χ3v) is 4.08. The summed E-state index contributed by atoms with van der Waals surface area (Å²) in [7, 11) is 0. The molecule has 0 aliphatic heterocycles. The van der Waals surface area contributed by atoms with Crippen LogP contribution < -0.4 is 10.1 Å². The molecule has 0 aliphatic rings. The minimum Gasteiger partial charge on any atom is -0.486 e. The lowest BCUT2D eigenvalue weighted by Crippen LogP contribution is -2.27. The van der Waals surface area contributed by atoms with E-state index in [-0.39, 0.29) is 12.5 Å². The van der Waals surface area contributed by atoms with Crippen molar-refractivity contribution in [2.75, 3.05) is 6.54 Å². The lowest BCUT2D eigenvalue weighted by Gasteiger charge is -2.09. The van der Waals surface area contributed by atoms with E-state index in [0.717, 1.165) is 11.4 Å². The molecule has 142 valence electrons. The van der Waals surface area contributed by atoms with Crippen LogP contribution in [0.1, 0.15) is 34.5 Å². The molecule has 0 bridgehead atoms. The number of aryl methyl sites for hydroxylation is 3. The SMILES string of the molecule is CCn1nnnc1COc1cccc(C(=O)NCCn2nc(C)cc2C)c1. The quantitative estimate of drug-likeness (QED) is 0.646. The maximum atomic E-state index is 12.4. The van der Waals surface area contributed by atoms with Crippen molar-refractivity contribution >= 4 is 5.91 Å². The number of nitrogens with zero attached hydrogens (tertiary/aromatic N) is 6. The van der Waals surface area contributed by atoms with Crippen LogP contribution in [-0.4, -0.2) is 42.4 Å². The van der Waals surface area contributed by atoms with E-state index in [9.17, 15) is 4.79 Å². The molecule has 2 aromatic heterocycles. The first kappa shape index (κ1) is 18.6. The molecular weight excluding hydrogens is 346 g/mol. The zero-order valence-electron chi connectivity index (χ0n) is 15.7. The fourth-order valence-corrected chi connectivity index (χ4v) is 2.73. The van der Waals surface area contributed by atoms with Gasteiger partial charge in [-0.2, -0.15) is 5.10 Å². The number of amides is 1. The van der Waals surface area contributed by atoms with Crippen molar-refractivity contribution in [1.82, 2.24) is 35.3 Å². The van der Waals surface area contributed by atoms with Crippen molar-refractivity contribution in [2.24, 2.45) is 0 Å². The van der Waals surface area contributed by atoms with Crippen LogP contribution in [0.3, 0.4) is 0 Å². The Morgan fingerprint density at radius 2 is 2.07 bits per heavy atom. The van der Waals surface area contributed by atoms with Gasteiger partial charge >= 0.3 is 0 Å². The predicted octanol–water partition coefficient (Wildman–Crippen LogP) is 1.52. The van der Waals surface area contributed by atoms with E-state index in [1.807, 2.05) is 31.5 Å². The Bertz CT molecular complexity index is 916. The largest absolute Gasteiger partial charge is 0.486 e. The summed E-state index contributed by atoms with van der Waals surface area (Å²) in [6.07, 6.45) is 0. The monoisotopic (exact) mass is 369 g/mol. The maximum absolute atomic E-state index is 12.4. The van der Waals surface area contributed by atoms with Crippen molar-refractivity contribution in [3.05, 3.63) is 53.1 Å². The summed E-state index contributed by atoms with van der Waals surface area (Å²) in [6, 6.07) is 9.05. The second-order valence-electron chi connectivity index (χ2n) is 6.13. The lowest BCUT2D eigenvalue weighted by atomic mass is 10.2. The Balaban J connectivity index is 1.54. The van der Waals surface area contributed by atoms with Gasteiger partial charge in [0.25, 0.3) is 5.91 Å². The van der Waals surface area contributed by atoms with Crippen LogP contribution in [0.4, 0.5) is 0 Å². The molecule has 1 aromatic carbocycles. The van der Waals surface area contributed by atoms with Crippen molar-refractivity contribution in [1.29, 1.82) is 0 Å². The summed E-state index contributed by atoms with van der Waals surface area (Å²) in [6.45, 7) is 7.94. The highest BCUT2D eigenvalue weighted by Gasteiger charge is 2.09. The highest BCUT2D eigenvalue weighted by atomic mass is 16.5. The number of carbonyl (C=O) groups excluding carboxylic acids is 1. The van der Waals surface area contributed by atoms with E-state index >= 15 is 0 Å². The van der Waals surface area contributed by atoms with E-state index in [2.05, 4.69) is 25.9 Å². The molecule has 0 fully saturated rings. The molecule has 9 nitrogen and oxygen atoms in total. The average Bonchev–Trinajstić information content (AvgIpc) is 3.25. The van der Waals surface area contributed by atoms with Gasteiger partial charge in [0.1, 0.15) is 12.4 Å². The fraction of sp³-hybridized carbons (Fsp3) is 0.389. The van der Waals surface area contributed by atoms with Crippen LogP contribution in [0.25, 0.3) is 0 Å². The second kappa shape index (κ2) is 8.43. The van der Waals surface area contributed by atoms with E-state index < -0.39 is 0 Å². The third-order valence-electron chi connectivity index (χ3n) is 4.08. The smallest absolute Gasteiger partial charge is 0.251 e. The first-order valence-corrected chi connectivity index (χ1v) is 8.84. The van der Waals surface area contributed by atoms with Gasteiger partial charge in [0, 0.05) is 24.3 Å². The molecule has 0 spiro atoms. The molecule has 3 aromatic rings. The van der Waals surface area contributed by atoms with E-state index in [4.69, 9.17) is 4.74 Å². The molecule has 0 radical (unpaired) electrons. The van der Waals surface area contributed by atoms with Crippen molar-refractivity contribution < 1.29 is 9.53 Å². The van der Waals surface area contributed by atoms with Gasteiger partial charge in [0.15, 0.2) is 5.82 Å². The summed E-state index contributed by atoms with van der Waals surface area (Å²) >= 11 is 0. The number of aromatic nitrogens is 6. The second-order valence-corrected chi connectivity index (χ2v) is 6.13. The first-order valence-electron chi connectivity index (χ1n) is 8.84. The van der Waals surface area contributed by atoms with Crippen molar-refractivity contribution in [2.45, 2.75) is 40.5 Å². The van der Waals surface area contributed by atoms with Gasteiger partial charge in [-0.1, -0.05) is 6.07 Å². The number of hydrogen-bond acceptors (Lipinski definition) is 6. The predicted molar refractivity (Wildman–Crippen MR) is 98.3 cm³/mol. The highest BCUT2D eigenvalue weighted by Crippen LogP contribution is 2.14. The van der Waals surface area contributed by atoms with Gasteiger partial charge in [-0.3, -0.25) is 9.48 Å². The first-order chi connectivity index (χ1) is 13.1. The fourth-order valence-electron chi connectivity index (χ4n) is 2.73. The molecule has 1 N–H and O–H groups in total. The van der Waals surface area contributed by atoms with Crippen molar-refractivity contribution in [3.63, 3.8) is 0 Å². The van der Waals surface area contributed by atoms with Crippen LogP contribution in [0.2, 0.25) is 0 Å². The molecule has 0 aliphatic carbocycles. The summed E-state index contributed by atoms with van der Waals surface area (Å²) in [5.74, 6) is 1.07. The highest BCUT2D eigenvalue weighted by molar-refractivity contribution is 5.94. The van der Waals surface area contributed by atoms with E-state index in [1.165, 1.54) is 0 Å². The Hall–Kier alpha value is -3.23. The van der Waals surface area contributed by atoms with Gasteiger partial charge in [-0.05, 0) is 55.5 Å². The molecule has 1 amide bonds. The van der Waals surface area contributed by atoms with Gasteiger partial charge in [0.05, 0.1) is 12.2 Å². The van der Waals surface area contributed by atoms with Crippen LogP contribution in [0, 0.1) is 13.8 Å². The Kier molecular flexibility index (Phi) is 5.80. The standard InChI is InChI=1S/C18H23N7O2/c1-4-24-17(20-22-23-24)12-27-16-7-5-6-15(11-16)18(26)19-8-9-25-14(3)10-13(2)21-25/h5-7,10-11H,4,8-9,12H2,1-3H3,(H,19,26). The number of ether oxygens (including phenoxy) is 1. The molecule has 27 heavy (non-hydrogen) atoms. The van der Waals surface area contributed by atoms with Gasteiger partial charge in [-0.15, -0.1) is 5.10 Å². The summed E-state index contributed by atoms with van der Waals surface area (Å²) in [5, 5.41) is 18.7. The Labute approximate surface area is 157 Å². The third kappa shape index (κ3) is 4.69. The maximum Gasteiger partial charge on any atom is 0.251 e. The van der Waals surface area contributed by atoms with Crippen LogP contribution in [0.5, 0.6) is 5.75 Å². The molecule has 3 rings (SSSR count). The van der Waals surface area contributed by atoms with E-state index in [0.29, 0.717) is 36.8 Å². The minimum absolute atomic E-state index is 0.152. The van der Waals surface area contributed by atoms with Gasteiger partial charge in [0.2, 0.25) is 0 Å². The molecule has 0 saturated heterocycles. The number of benzene rings is 1. The van der Waals surface area contributed by atoms with Gasteiger partial charge < -0.3 is 10.1 Å². The lowest BCUT2D eigenvalue weighted by molar-refractivity contribution is 0.0951. The van der Waals surface area contributed by atoms with Crippen LogP contribution in [0.15, 0.2) is 30.3 Å². The molecular formula is C18H23N7O2. The molecule has 0 atom stereocenters. The summed E-state index contributed by atoms with van der Waals surface area (Å²) in [4.78, 5) is 12.4. The molecule has 0 unspecified atom stereocenters. The Morgan fingerprint density at radius 1 is 1.22 bits per heavy atom. The topological polar surface area (TPSA) is 99.8 Å². The number of nitrogens with one attached hydrogen (secondary N) is 1. The minimum atomic E-state index is -0.152. The number of tetrazole rings is 1. The normalized spacial score (nSPS) is 10.8. The summed E-state index contributed by atoms with van der Waals surface area (Å²) in [5.41, 5.74) is 2.58. The van der Waals surface area contributed by atoms with Gasteiger partial charge in [-0.25, -0.2) is 4.68 Å². The summed E-state index contributed by atoms with van der Waals surface area (Å²) < 4.78 is 9.26.